The van der Waals surface area contributed by atoms with Crippen molar-refractivity contribution in [1.29, 1.82) is 0 Å². The van der Waals surface area contributed by atoms with E-state index in [4.69, 9.17) is 0 Å². The highest BCUT2D eigenvalue weighted by molar-refractivity contribution is 5.70. The van der Waals surface area contributed by atoms with Gasteiger partial charge in [0.25, 0.3) is 0 Å². The maximum atomic E-state index is 2.25. The number of anilines is 1. The largest absolute Gasteiger partial charge is 0.378 e. The Bertz CT molecular complexity index is 550. The van der Waals surface area contributed by atoms with Gasteiger partial charge in [-0.1, -0.05) is 44.2 Å². The summed E-state index contributed by atoms with van der Waals surface area (Å²) < 4.78 is 0. The van der Waals surface area contributed by atoms with Crippen molar-refractivity contribution in [3.8, 4) is 11.1 Å². The third-order valence-corrected chi connectivity index (χ3v) is 3.69. The van der Waals surface area contributed by atoms with E-state index in [-0.39, 0.29) is 0 Å². The van der Waals surface area contributed by atoms with E-state index in [9.17, 15) is 0 Å². The first-order valence-electron chi connectivity index (χ1n) is 6.88. The Morgan fingerprint density at radius 2 is 1.53 bits per heavy atom. The topological polar surface area (TPSA) is 3.24 Å². The van der Waals surface area contributed by atoms with E-state index in [2.05, 4.69) is 82.2 Å². The fourth-order valence-corrected chi connectivity index (χ4v) is 2.53. The Balaban J connectivity index is 2.44. The van der Waals surface area contributed by atoms with Crippen molar-refractivity contribution in [2.75, 3.05) is 19.0 Å². The molecule has 0 aliphatic heterocycles. The van der Waals surface area contributed by atoms with Gasteiger partial charge in [0.1, 0.15) is 0 Å². The van der Waals surface area contributed by atoms with Crippen LogP contribution in [-0.4, -0.2) is 14.1 Å². The molecule has 1 nitrogen and oxygen atoms in total. The molecule has 0 radical (unpaired) electrons. The zero-order valence-electron chi connectivity index (χ0n) is 12.6. The highest BCUT2D eigenvalue weighted by Crippen LogP contribution is 2.30. The standard InChI is InChI=1S/C18H23N/c1-13(2)17-7-6-8-18(14(17)3)15-9-11-16(12-10-15)19(4)5/h6-13H,1-5H3. The van der Waals surface area contributed by atoms with Crippen LogP contribution in [0.5, 0.6) is 0 Å². The van der Waals surface area contributed by atoms with Gasteiger partial charge in [0, 0.05) is 19.8 Å². The first kappa shape index (κ1) is 13.7. The second-order valence-corrected chi connectivity index (χ2v) is 5.62. The Labute approximate surface area is 116 Å². The van der Waals surface area contributed by atoms with Gasteiger partial charge in [-0.25, -0.2) is 0 Å². The monoisotopic (exact) mass is 253 g/mol. The van der Waals surface area contributed by atoms with Crippen molar-refractivity contribution in [2.45, 2.75) is 26.7 Å². The van der Waals surface area contributed by atoms with E-state index in [0.29, 0.717) is 5.92 Å². The van der Waals surface area contributed by atoms with E-state index in [1.54, 1.807) is 0 Å². The first-order chi connectivity index (χ1) is 9.00. The second-order valence-electron chi connectivity index (χ2n) is 5.62. The van der Waals surface area contributed by atoms with Crippen molar-refractivity contribution in [3.63, 3.8) is 0 Å². The summed E-state index contributed by atoms with van der Waals surface area (Å²) in [6.45, 7) is 6.73. The van der Waals surface area contributed by atoms with E-state index < -0.39 is 0 Å². The molecule has 0 aliphatic rings. The number of rotatable bonds is 3. The van der Waals surface area contributed by atoms with Crippen LogP contribution >= 0.6 is 0 Å². The maximum absolute atomic E-state index is 2.25. The normalized spacial score (nSPS) is 10.8. The second kappa shape index (κ2) is 5.48. The van der Waals surface area contributed by atoms with Gasteiger partial charge in [-0.15, -0.1) is 0 Å². The summed E-state index contributed by atoms with van der Waals surface area (Å²) in [5, 5.41) is 0. The summed E-state index contributed by atoms with van der Waals surface area (Å²) >= 11 is 0. The molecular formula is C18H23N. The third-order valence-electron chi connectivity index (χ3n) is 3.69. The molecule has 2 aromatic carbocycles. The van der Waals surface area contributed by atoms with Crippen LogP contribution in [0, 0.1) is 6.92 Å². The summed E-state index contributed by atoms with van der Waals surface area (Å²) in [5.74, 6) is 0.570. The lowest BCUT2D eigenvalue weighted by molar-refractivity contribution is 0.857. The van der Waals surface area contributed by atoms with Gasteiger partial charge in [0.05, 0.1) is 0 Å². The van der Waals surface area contributed by atoms with Gasteiger partial charge in [-0.3, -0.25) is 0 Å². The number of nitrogens with zero attached hydrogens (tertiary/aromatic N) is 1. The fraction of sp³-hybridized carbons (Fsp3) is 0.333. The lowest BCUT2D eigenvalue weighted by Gasteiger charge is -2.16. The molecule has 19 heavy (non-hydrogen) atoms. The summed E-state index contributed by atoms with van der Waals surface area (Å²) in [6.07, 6.45) is 0. The zero-order chi connectivity index (χ0) is 14.0. The number of benzene rings is 2. The highest BCUT2D eigenvalue weighted by atomic mass is 15.1. The summed E-state index contributed by atoms with van der Waals surface area (Å²) in [7, 11) is 4.14. The molecule has 0 spiro atoms. The summed E-state index contributed by atoms with van der Waals surface area (Å²) in [5.41, 5.74) is 6.72. The van der Waals surface area contributed by atoms with E-state index in [1.807, 2.05) is 0 Å². The van der Waals surface area contributed by atoms with Crippen LogP contribution in [0.25, 0.3) is 11.1 Å². The molecule has 0 saturated heterocycles. The highest BCUT2D eigenvalue weighted by Gasteiger charge is 2.08. The van der Waals surface area contributed by atoms with Crippen LogP contribution < -0.4 is 4.90 Å². The van der Waals surface area contributed by atoms with Crippen molar-refractivity contribution < 1.29 is 0 Å². The van der Waals surface area contributed by atoms with Crippen molar-refractivity contribution in [3.05, 3.63) is 53.6 Å². The first-order valence-corrected chi connectivity index (χ1v) is 6.88. The van der Waals surface area contributed by atoms with Gasteiger partial charge in [-0.05, 0) is 47.2 Å². The third kappa shape index (κ3) is 2.81. The average molecular weight is 253 g/mol. The average Bonchev–Trinajstić information content (AvgIpc) is 2.38. The van der Waals surface area contributed by atoms with Crippen LogP contribution in [0.3, 0.4) is 0 Å². The Morgan fingerprint density at radius 3 is 2.05 bits per heavy atom. The number of hydrogen-bond donors (Lipinski definition) is 0. The lowest BCUT2D eigenvalue weighted by atomic mass is 9.91. The minimum atomic E-state index is 0.570. The lowest BCUT2D eigenvalue weighted by Crippen LogP contribution is -2.07. The van der Waals surface area contributed by atoms with E-state index in [0.717, 1.165) is 0 Å². The van der Waals surface area contributed by atoms with Crippen LogP contribution in [0.1, 0.15) is 30.9 Å². The predicted molar refractivity (Wildman–Crippen MR) is 85.0 cm³/mol. The minimum absolute atomic E-state index is 0.570. The van der Waals surface area contributed by atoms with Gasteiger partial charge >= 0.3 is 0 Å². The Morgan fingerprint density at radius 1 is 0.895 bits per heavy atom. The fourth-order valence-electron chi connectivity index (χ4n) is 2.53. The number of hydrogen-bond acceptors (Lipinski definition) is 1. The van der Waals surface area contributed by atoms with E-state index >= 15 is 0 Å². The Kier molecular flexibility index (Phi) is 3.94. The van der Waals surface area contributed by atoms with Gasteiger partial charge < -0.3 is 4.90 Å². The summed E-state index contributed by atoms with van der Waals surface area (Å²) in [6, 6.07) is 15.4. The molecule has 100 valence electrons. The molecule has 0 saturated carbocycles. The van der Waals surface area contributed by atoms with Gasteiger partial charge in [0.15, 0.2) is 0 Å². The molecule has 2 aromatic rings. The molecule has 2 rings (SSSR count). The molecule has 0 aliphatic carbocycles. The molecule has 0 fully saturated rings. The van der Waals surface area contributed by atoms with Gasteiger partial charge in [0.2, 0.25) is 0 Å². The molecule has 1 heteroatoms. The van der Waals surface area contributed by atoms with Crippen molar-refractivity contribution in [2.24, 2.45) is 0 Å². The SMILES string of the molecule is Cc1c(-c2ccc(N(C)C)cc2)cccc1C(C)C. The predicted octanol–water partition coefficient (Wildman–Crippen LogP) is 4.85. The molecule has 0 unspecified atom stereocenters. The molecular weight excluding hydrogens is 230 g/mol. The zero-order valence-corrected chi connectivity index (χ0v) is 12.6. The Hall–Kier alpha value is -1.76. The van der Waals surface area contributed by atoms with Crippen molar-refractivity contribution in [1.82, 2.24) is 0 Å². The smallest absolute Gasteiger partial charge is 0.0361 e. The van der Waals surface area contributed by atoms with E-state index in [1.165, 1.54) is 27.9 Å². The molecule has 0 atom stereocenters. The summed E-state index contributed by atoms with van der Waals surface area (Å²) in [4.78, 5) is 2.13. The van der Waals surface area contributed by atoms with Crippen LogP contribution in [0.4, 0.5) is 5.69 Å². The van der Waals surface area contributed by atoms with Crippen LogP contribution in [0.15, 0.2) is 42.5 Å². The minimum Gasteiger partial charge on any atom is -0.378 e. The molecule has 0 bridgehead atoms. The molecule has 0 heterocycles. The maximum Gasteiger partial charge on any atom is 0.0361 e. The van der Waals surface area contributed by atoms with Crippen LogP contribution in [0.2, 0.25) is 0 Å². The molecule has 0 N–H and O–H groups in total. The van der Waals surface area contributed by atoms with Gasteiger partial charge in [-0.2, -0.15) is 0 Å². The van der Waals surface area contributed by atoms with Crippen LogP contribution in [-0.2, 0) is 0 Å². The molecule has 0 aromatic heterocycles. The molecule has 0 amide bonds. The van der Waals surface area contributed by atoms with Crippen molar-refractivity contribution >= 4 is 5.69 Å². The quantitative estimate of drug-likeness (QED) is 0.755.